The van der Waals surface area contributed by atoms with Crippen molar-refractivity contribution in [3.05, 3.63) is 12.7 Å². The van der Waals surface area contributed by atoms with Crippen molar-refractivity contribution in [2.75, 3.05) is 13.1 Å². The molecular weight excluding hydrogens is 86.1 g/mol. The predicted octanol–water partition coefficient (Wildman–Crippen LogP) is 0.876. The maximum atomic E-state index is 3.68. The first-order valence-electron chi connectivity index (χ1n) is 2.71. The fourth-order valence-corrected chi connectivity index (χ4v) is 0.614. The molecule has 1 nitrogen and oxygen atoms in total. The lowest BCUT2D eigenvalue weighted by molar-refractivity contribution is 0.501. The summed E-state index contributed by atoms with van der Waals surface area (Å²) >= 11 is 0. The molecule has 0 spiro atoms. The molecule has 0 aliphatic carbocycles. The van der Waals surface area contributed by atoms with Crippen molar-refractivity contribution in [3.63, 3.8) is 0 Å². The molecule has 1 unspecified atom stereocenters. The highest BCUT2D eigenvalue weighted by Crippen LogP contribution is 2.09. The second-order valence-corrected chi connectivity index (χ2v) is 2.01. The van der Waals surface area contributed by atoms with E-state index in [-0.39, 0.29) is 0 Å². The van der Waals surface area contributed by atoms with Crippen LogP contribution in [0.2, 0.25) is 0 Å². The van der Waals surface area contributed by atoms with Gasteiger partial charge in [-0.2, -0.15) is 0 Å². The number of nitrogens with zero attached hydrogens (tertiary/aromatic N) is 1. The van der Waals surface area contributed by atoms with E-state index in [0.29, 0.717) is 6.04 Å². The lowest BCUT2D eigenvalue weighted by Gasteiger charge is -2.02. The van der Waals surface area contributed by atoms with Gasteiger partial charge in [0.25, 0.3) is 0 Å². The summed E-state index contributed by atoms with van der Waals surface area (Å²) in [6.07, 6.45) is 1.98. The van der Waals surface area contributed by atoms with Gasteiger partial charge in [0.15, 0.2) is 0 Å². The summed E-state index contributed by atoms with van der Waals surface area (Å²) in [5.41, 5.74) is 0. The first-order chi connectivity index (χ1) is 3.34. The zero-order valence-electron chi connectivity index (χ0n) is 4.72. The maximum Gasteiger partial charge on any atom is 0.0248 e. The summed E-state index contributed by atoms with van der Waals surface area (Å²) in [6, 6.07) is 0.611. The summed E-state index contributed by atoms with van der Waals surface area (Å²) in [7, 11) is 0. The molecule has 1 heterocycles. The SMILES string of the molecule is C=CC(C)N1CC1. The van der Waals surface area contributed by atoms with Crippen LogP contribution in [-0.2, 0) is 0 Å². The molecule has 1 fully saturated rings. The van der Waals surface area contributed by atoms with Gasteiger partial charge in [-0.05, 0) is 6.92 Å². The zero-order valence-corrected chi connectivity index (χ0v) is 4.72. The minimum absolute atomic E-state index is 0.611. The van der Waals surface area contributed by atoms with Crippen LogP contribution >= 0.6 is 0 Å². The zero-order chi connectivity index (χ0) is 5.28. The van der Waals surface area contributed by atoms with Gasteiger partial charge >= 0.3 is 0 Å². The Morgan fingerprint density at radius 1 is 1.71 bits per heavy atom. The fourth-order valence-electron chi connectivity index (χ4n) is 0.614. The molecule has 1 aliphatic rings. The predicted molar refractivity (Wildman–Crippen MR) is 31.2 cm³/mol. The van der Waals surface area contributed by atoms with E-state index in [4.69, 9.17) is 0 Å². The Kier molecular flexibility index (Phi) is 1.15. The lowest BCUT2D eigenvalue weighted by atomic mass is 10.3. The van der Waals surface area contributed by atoms with Crippen molar-refractivity contribution >= 4 is 0 Å². The van der Waals surface area contributed by atoms with E-state index in [9.17, 15) is 0 Å². The highest BCUT2D eigenvalue weighted by Gasteiger charge is 2.20. The molecular formula is C6H11N. The summed E-state index contributed by atoms with van der Waals surface area (Å²) in [6.45, 7) is 8.39. The molecule has 7 heavy (non-hydrogen) atoms. The standard InChI is InChI=1S/C6H11N/c1-3-6(2)7-4-5-7/h3,6H,1,4-5H2,2H3. The molecule has 0 aromatic rings. The molecule has 1 aliphatic heterocycles. The van der Waals surface area contributed by atoms with E-state index in [2.05, 4.69) is 18.4 Å². The number of rotatable bonds is 2. The Morgan fingerprint density at radius 2 is 2.29 bits per heavy atom. The number of hydrogen-bond acceptors (Lipinski definition) is 1. The van der Waals surface area contributed by atoms with E-state index in [1.807, 2.05) is 6.08 Å². The molecule has 1 saturated heterocycles. The summed E-state index contributed by atoms with van der Waals surface area (Å²) in [4.78, 5) is 2.35. The van der Waals surface area contributed by atoms with Crippen molar-refractivity contribution in [2.24, 2.45) is 0 Å². The molecule has 1 atom stereocenters. The van der Waals surface area contributed by atoms with Gasteiger partial charge in [-0.25, -0.2) is 0 Å². The monoisotopic (exact) mass is 97.1 g/mol. The van der Waals surface area contributed by atoms with Crippen LogP contribution in [-0.4, -0.2) is 24.0 Å². The molecule has 1 rings (SSSR count). The highest BCUT2D eigenvalue weighted by molar-refractivity contribution is 4.90. The topological polar surface area (TPSA) is 3.01 Å². The maximum absolute atomic E-state index is 3.68. The molecule has 0 bridgehead atoms. The Hall–Kier alpha value is -0.300. The van der Waals surface area contributed by atoms with Crippen molar-refractivity contribution in [3.8, 4) is 0 Å². The van der Waals surface area contributed by atoms with Crippen LogP contribution in [0.3, 0.4) is 0 Å². The van der Waals surface area contributed by atoms with Gasteiger partial charge in [0.05, 0.1) is 0 Å². The van der Waals surface area contributed by atoms with E-state index < -0.39 is 0 Å². The van der Waals surface area contributed by atoms with Crippen molar-refractivity contribution in [1.82, 2.24) is 4.90 Å². The molecule has 0 radical (unpaired) electrons. The molecule has 0 aromatic carbocycles. The second-order valence-electron chi connectivity index (χ2n) is 2.01. The number of hydrogen-bond donors (Lipinski definition) is 0. The third-order valence-corrected chi connectivity index (χ3v) is 1.40. The molecule has 1 heteroatoms. The van der Waals surface area contributed by atoms with Crippen LogP contribution in [0.5, 0.6) is 0 Å². The molecule has 40 valence electrons. The molecule has 0 amide bonds. The van der Waals surface area contributed by atoms with Crippen molar-refractivity contribution in [1.29, 1.82) is 0 Å². The quantitative estimate of drug-likeness (QED) is 0.365. The third kappa shape index (κ3) is 1.03. The van der Waals surface area contributed by atoms with Gasteiger partial charge in [0, 0.05) is 19.1 Å². The largest absolute Gasteiger partial charge is 0.295 e. The first-order valence-corrected chi connectivity index (χ1v) is 2.71. The Labute approximate surface area is 44.6 Å². The van der Waals surface area contributed by atoms with E-state index in [1.165, 1.54) is 13.1 Å². The van der Waals surface area contributed by atoms with Crippen LogP contribution < -0.4 is 0 Å². The minimum Gasteiger partial charge on any atom is -0.295 e. The summed E-state index contributed by atoms with van der Waals surface area (Å²) < 4.78 is 0. The van der Waals surface area contributed by atoms with Crippen LogP contribution in [0.1, 0.15) is 6.92 Å². The lowest BCUT2D eigenvalue weighted by Crippen LogP contribution is -2.08. The molecule has 0 N–H and O–H groups in total. The van der Waals surface area contributed by atoms with Crippen molar-refractivity contribution in [2.45, 2.75) is 13.0 Å². The summed E-state index contributed by atoms with van der Waals surface area (Å²) in [5, 5.41) is 0. The van der Waals surface area contributed by atoms with Crippen LogP contribution in [0.15, 0.2) is 12.7 Å². The normalized spacial score (nSPS) is 24.1. The smallest absolute Gasteiger partial charge is 0.0248 e. The average molecular weight is 97.2 g/mol. The highest BCUT2D eigenvalue weighted by atomic mass is 15.3. The third-order valence-electron chi connectivity index (χ3n) is 1.40. The Balaban J connectivity index is 2.22. The van der Waals surface area contributed by atoms with Gasteiger partial charge in [-0.1, -0.05) is 6.08 Å². The minimum atomic E-state index is 0.611. The molecule has 0 saturated carbocycles. The van der Waals surface area contributed by atoms with E-state index in [0.717, 1.165) is 0 Å². The van der Waals surface area contributed by atoms with E-state index in [1.54, 1.807) is 0 Å². The Bertz CT molecular complexity index is 74.2. The van der Waals surface area contributed by atoms with Crippen LogP contribution in [0, 0.1) is 0 Å². The van der Waals surface area contributed by atoms with Gasteiger partial charge < -0.3 is 0 Å². The first kappa shape index (κ1) is 4.85. The van der Waals surface area contributed by atoms with Gasteiger partial charge in [0.1, 0.15) is 0 Å². The summed E-state index contributed by atoms with van der Waals surface area (Å²) in [5.74, 6) is 0. The second kappa shape index (κ2) is 1.66. The van der Waals surface area contributed by atoms with Gasteiger partial charge in [-0.3, -0.25) is 4.90 Å². The molecule has 0 aromatic heterocycles. The van der Waals surface area contributed by atoms with Crippen LogP contribution in [0.25, 0.3) is 0 Å². The Morgan fingerprint density at radius 3 is 2.43 bits per heavy atom. The van der Waals surface area contributed by atoms with E-state index >= 15 is 0 Å². The van der Waals surface area contributed by atoms with Gasteiger partial charge in [0.2, 0.25) is 0 Å². The van der Waals surface area contributed by atoms with Crippen molar-refractivity contribution < 1.29 is 0 Å². The average Bonchev–Trinajstić information content (AvgIpc) is 2.44. The van der Waals surface area contributed by atoms with Gasteiger partial charge in [-0.15, -0.1) is 6.58 Å². The fraction of sp³-hybridized carbons (Fsp3) is 0.667. The van der Waals surface area contributed by atoms with Crippen LogP contribution in [0.4, 0.5) is 0 Å².